The molecule has 0 saturated carbocycles. The van der Waals surface area contributed by atoms with Gasteiger partial charge in [0.1, 0.15) is 0 Å². The van der Waals surface area contributed by atoms with Crippen LogP contribution in [0.25, 0.3) is 10.2 Å². The molecule has 0 aliphatic heterocycles. The average molecular weight is 531 g/mol. The molecule has 0 unspecified atom stereocenters. The van der Waals surface area contributed by atoms with Gasteiger partial charge in [-0.1, -0.05) is 49.8 Å². The molecule has 0 N–H and O–H groups in total. The van der Waals surface area contributed by atoms with E-state index in [1.807, 2.05) is 19.1 Å². The number of hydrogen-bond donors (Lipinski definition) is 0. The number of carbonyl (C=O) groups is 1. The number of likely N-dealkylation sites (N-methyl/N-ethyl adjacent to an activating group) is 1. The summed E-state index contributed by atoms with van der Waals surface area (Å²) in [6.45, 7) is 10.5. The number of sulfone groups is 1. The number of halogens is 2. The third-order valence-electron chi connectivity index (χ3n) is 5.57. The molecular formula is C23H29Cl2N3O3S2. The molecule has 0 atom stereocenters. The fourth-order valence-electron chi connectivity index (χ4n) is 3.41. The van der Waals surface area contributed by atoms with Gasteiger partial charge >= 0.3 is 0 Å². The van der Waals surface area contributed by atoms with E-state index in [9.17, 15) is 13.2 Å². The SMILES string of the molecule is CCN(CC)CCN(C(=O)c1cccc(S(=O)(=O)CC)c1)c1nc2c(C)c(Cl)ccc2s1.Cl. The molecule has 1 heterocycles. The third kappa shape index (κ3) is 6.05. The summed E-state index contributed by atoms with van der Waals surface area (Å²) >= 11 is 7.70. The number of rotatable bonds is 9. The van der Waals surface area contributed by atoms with Gasteiger partial charge in [-0.2, -0.15) is 0 Å². The minimum absolute atomic E-state index is 0. The number of aromatic nitrogens is 1. The first-order valence-corrected chi connectivity index (χ1v) is 13.5. The number of hydrogen-bond acceptors (Lipinski definition) is 6. The van der Waals surface area contributed by atoms with Crippen molar-refractivity contribution >= 4 is 66.4 Å². The number of amides is 1. The number of anilines is 1. The van der Waals surface area contributed by atoms with Gasteiger partial charge < -0.3 is 4.90 Å². The van der Waals surface area contributed by atoms with E-state index >= 15 is 0 Å². The van der Waals surface area contributed by atoms with Crippen LogP contribution in [-0.4, -0.2) is 56.1 Å². The van der Waals surface area contributed by atoms with E-state index in [1.54, 1.807) is 24.0 Å². The quantitative estimate of drug-likeness (QED) is 0.367. The Balaban J connectivity index is 0.00000385. The number of aryl methyl sites for hydroxylation is 1. The molecule has 6 nitrogen and oxygen atoms in total. The second kappa shape index (κ2) is 11.6. The second-order valence-corrected chi connectivity index (χ2v) is 11.1. The topological polar surface area (TPSA) is 70.6 Å². The summed E-state index contributed by atoms with van der Waals surface area (Å²) < 4.78 is 25.6. The minimum atomic E-state index is -3.42. The minimum Gasteiger partial charge on any atom is -0.302 e. The van der Waals surface area contributed by atoms with E-state index in [1.165, 1.54) is 23.5 Å². The molecule has 0 aliphatic rings. The predicted octanol–water partition coefficient (Wildman–Crippen LogP) is 5.46. The first-order chi connectivity index (χ1) is 15.2. The summed E-state index contributed by atoms with van der Waals surface area (Å²) in [7, 11) is -3.42. The zero-order valence-corrected chi connectivity index (χ0v) is 22.4. The molecule has 1 amide bonds. The van der Waals surface area contributed by atoms with Crippen LogP contribution in [0.15, 0.2) is 41.3 Å². The van der Waals surface area contributed by atoms with Crippen molar-refractivity contribution in [2.24, 2.45) is 0 Å². The summed E-state index contributed by atoms with van der Waals surface area (Å²) in [6, 6.07) is 9.99. The Bertz CT molecular complexity index is 1220. The number of thiazole rings is 1. The maximum atomic E-state index is 13.6. The number of fused-ring (bicyclic) bond motifs is 1. The van der Waals surface area contributed by atoms with E-state index in [-0.39, 0.29) is 29.0 Å². The van der Waals surface area contributed by atoms with Crippen LogP contribution >= 0.6 is 35.3 Å². The highest BCUT2D eigenvalue weighted by atomic mass is 35.5. The zero-order chi connectivity index (χ0) is 23.5. The van der Waals surface area contributed by atoms with Crippen LogP contribution in [0.5, 0.6) is 0 Å². The Kier molecular flexibility index (Phi) is 9.70. The Morgan fingerprint density at radius 2 is 1.79 bits per heavy atom. The predicted molar refractivity (Wildman–Crippen MR) is 140 cm³/mol. The maximum absolute atomic E-state index is 13.6. The van der Waals surface area contributed by atoms with Gasteiger partial charge in [0, 0.05) is 23.7 Å². The van der Waals surface area contributed by atoms with Crippen LogP contribution in [0.2, 0.25) is 5.02 Å². The third-order valence-corrected chi connectivity index (χ3v) is 8.75. The van der Waals surface area contributed by atoms with Gasteiger partial charge in [0.15, 0.2) is 15.0 Å². The van der Waals surface area contributed by atoms with Gasteiger partial charge in [0.05, 0.1) is 20.9 Å². The molecule has 0 fully saturated rings. The molecule has 2 aromatic carbocycles. The van der Waals surface area contributed by atoms with Crippen LogP contribution in [0.4, 0.5) is 5.13 Å². The van der Waals surface area contributed by atoms with E-state index in [0.29, 0.717) is 28.8 Å². The lowest BCUT2D eigenvalue weighted by molar-refractivity contribution is 0.0983. The highest BCUT2D eigenvalue weighted by Crippen LogP contribution is 2.34. The average Bonchev–Trinajstić information content (AvgIpc) is 3.23. The molecule has 0 radical (unpaired) electrons. The van der Waals surface area contributed by atoms with Gasteiger partial charge in [-0.25, -0.2) is 13.4 Å². The monoisotopic (exact) mass is 529 g/mol. The first-order valence-electron chi connectivity index (χ1n) is 10.6. The van der Waals surface area contributed by atoms with Crippen LogP contribution in [0, 0.1) is 6.92 Å². The van der Waals surface area contributed by atoms with Crippen LogP contribution < -0.4 is 4.90 Å². The van der Waals surface area contributed by atoms with Crippen molar-refractivity contribution in [2.75, 3.05) is 36.8 Å². The number of nitrogens with zero attached hydrogens (tertiary/aromatic N) is 3. The molecule has 10 heteroatoms. The standard InChI is InChI=1S/C23H28ClN3O3S2.ClH/c1-5-26(6-2)13-14-27(23-25-21-16(4)19(24)11-12-20(21)31-23)22(28)17-9-8-10-18(15-17)32(29,30)7-3;/h8-12,15H,5-7,13-14H2,1-4H3;1H. The lowest BCUT2D eigenvalue weighted by Gasteiger charge is -2.25. The van der Waals surface area contributed by atoms with Crippen molar-refractivity contribution in [1.29, 1.82) is 0 Å². The molecule has 0 saturated heterocycles. The van der Waals surface area contributed by atoms with Gasteiger partial charge in [-0.05, 0) is 55.9 Å². The lowest BCUT2D eigenvalue weighted by Crippen LogP contribution is -2.39. The van der Waals surface area contributed by atoms with E-state index in [0.717, 1.165) is 28.9 Å². The Morgan fingerprint density at radius 1 is 1.09 bits per heavy atom. The summed E-state index contributed by atoms with van der Waals surface area (Å²) in [5, 5.41) is 1.21. The maximum Gasteiger partial charge on any atom is 0.260 e. The molecule has 3 aromatic rings. The van der Waals surface area contributed by atoms with E-state index in [4.69, 9.17) is 16.6 Å². The Morgan fingerprint density at radius 3 is 2.42 bits per heavy atom. The lowest BCUT2D eigenvalue weighted by atomic mass is 10.2. The van der Waals surface area contributed by atoms with Crippen molar-refractivity contribution in [2.45, 2.75) is 32.6 Å². The summed E-state index contributed by atoms with van der Waals surface area (Å²) in [5.41, 5.74) is 1.98. The van der Waals surface area contributed by atoms with Gasteiger partial charge in [0.2, 0.25) is 0 Å². The molecule has 0 bridgehead atoms. The number of benzene rings is 2. The van der Waals surface area contributed by atoms with Crippen molar-refractivity contribution in [3.05, 3.63) is 52.5 Å². The van der Waals surface area contributed by atoms with Crippen LogP contribution in [0.3, 0.4) is 0 Å². The fraction of sp³-hybridized carbons (Fsp3) is 0.391. The van der Waals surface area contributed by atoms with E-state index < -0.39 is 9.84 Å². The van der Waals surface area contributed by atoms with Gasteiger partial charge in [0.25, 0.3) is 5.91 Å². The Hall–Kier alpha value is -1.71. The summed E-state index contributed by atoms with van der Waals surface area (Å²) in [6.07, 6.45) is 0. The fourth-order valence-corrected chi connectivity index (χ4v) is 5.54. The molecule has 0 aliphatic carbocycles. The van der Waals surface area contributed by atoms with Gasteiger partial charge in [-0.15, -0.1) is 12.4 Å². The highest BCUT2D eigenvalue weighted by Gasteiger charge is 2.24. The molecule has 3 rings (SSSR count). The van der Waals surface area contributed by atoms with Crippen LogP contribution in [-0.2, 0) is 9.84 Å². The first kappa shape index (κ1) is 27.5. The zero-order valence-electron chi connectivity index (χ0n) is 19.2. The smallest absolute Gasteiger partial charge is 0.260 e. The number of carbonyl (C=O) groups excluding carboxylic acids is 1. The molecule has 180 valence electrons. The van der Waals surface area contributed by atoms with Crippen molar-refractivity contribution < 1.29 is 13.2 Å². The molecule has 1 aromatic heterocycles. The summed E-state index contributed by atoms with van der Waals surface area (Å²) in [5.74, 6) is -0.290. The van der Waals surface area contributed by atoms with Crippen molar-refractivity contribution in [3.8, 4) is 0 Å². The molecule has 33 heavy (non-hydrogen) atoms. The largest absolute Gasteiger partial charge is 0.302 e. The molecular weight excluding hydrogens is 501 g/mol. The van der Waals surface area contributed by atoms with E-state index in [2.05, 4.69) is 18.7 Å². The van der Waals surface area contributed by atoms with Crippen molar-refractivity contribution in [1.82, 2.24) is 9.88 Å². The summed E-state index contributed by atoms with van der Waals surface area (Å²) in [4.78, 5) is 22.4. The second-order valence-electron chi connectivity index (χ2n) is 7.43. The Labute approximate surface area is 210 Å². The van der Waals surface area contributed by atoms with Gasteiger partial charge in [-0.3, -0.25) is 9.69 Å². The normalized spacial score (nSPS) is 11.6. The van der Waals surface area contributed by atoms with Crippen LogP contribution in [0.1, 0.15) is 36.7 Å². The molecule has 0 spiro atoms. The van der Waals surface area contributed by atoms with Crippen molar-refractivity contribution in [3.63, 3.8) is 0 Å². The highest BCUT2D eigenvalue weighted by molar-refractivity contribution is 7.91.